The van der Waals surface area contributed by atoms with Crippen molar-refractivity contribution in [3.63, 3.8) is 0 Å². The molecule has 0 aliphatic carbocycles. The molecular weight excluding hydrogens is 200 g/mol. The molecule has 0 spiro atoms. The minimum absolute atomic E-state index is 0.147. The number of rotatable bonds is 5. The Balaban J connectivity index is 4.52. The molecule has 0 aliphatic rings. The summed E-state index contributed by atoms with van der Waals surface area (Å²) in [6.45, 7) is 14.9. The van der Waals surface area contributed by atoms with E-state index in [9.17, 15) is 0 Å². The van der Waals surface area contributed by atoms with Gasteiger partial charge in [-0.15, -0.1) is 18.9 Å². The Morgan fingerprint density at radius 3 is 2.33 bits per heavy atom. The lowest BCUT2D eigenvalue weighted by atomic mass is 10.2. The average Bonchev–Trinajstić information content (AvgIpc) is 2.02. The maximum Gasteiger partial charge on any atom is 0.192 e. The lowest BCUT2D eigenvalue weighted by molar-refractivity contribution is 0.188. The summed E-state index contributed by atoms with van der Waals surface area (Å²) < 4.78 is 6.21. The average molecular weight is 224 g/mol. The van der Waals surface area contributed by atoms with E-state index in [1.807, 2.05) is 6.08 Å². The highest BCUT2D eigenvalue weighted by Crippen LogP contribution is 2.37. The molecule has 0 rings (SSSR count). The summed E-state index contributed by atoms with van der Waals surface area (Å²) in [4.78, 5) is 0. The summed E-state index contributed by atoms with van der Waals surface area (Å²) in [5.41, 5.74) is 0. The zero-order valence-electron chi connectivity index (χ0n) is 10.8. The number of hydrogen-bond donors (Lipinski definition) is 0. The van der Waals surface area contributed by atoms with Crippen molar-refractivity contribution in [3.05, 3.63) is 12.7 Å². The van der Waals surface area contributed by atoms with Gasteiger partial charge in [-0.05, 0) is 24.6 Å². The van der Waals surface area contributed by atoms with Crippen LogP contribution >= 0.6 is 0 Å². The summed E-state index contributed by atoms with van der Waals surface area (Å²) in [7, 11) is -1.69. The molecule has 0 aromatic heterocycles. The van der Waals surface area contributed by atoms with Gasteiger partial charge in [0.1, 0.15) is 0 Å². The van der Waals surface area contributed by atoms with Crippen molar-refractivity contribution < 1.29 is 4.43 Å². The molecule has 0 fully saturated rings. The zero-order valence-corrected chi connectivity index (χ0v) is 11.8. The molecule has 1 atom stereocenters. The molecule has 86 valence electrons. The first kappa shape index (κ1) is 14.5. The second-order valence-electron chi connectivity index (χ2n) is 5.43. The summed E-state index contributed by atoms with van der Waals surface area (Å²) in [6.07, 6.45) is 8.89. The van der Waals surface area contributed by atoms with Gasteiger partial charge < -0.3 is 4.43 Å². The molecule has 0 heterocycles. The summed E-state index contributed by atoms with van der Waals surface area (Å²) in [6, 6.07) is 0. The van der Waals surface area contributed by atoms with E-state index in [0.29, 0.717) is 6.42 Å². The van der Waals surface area contributed by atoms with Crippen LogP contribution in [-0.2, 0) is 4.43 Å². The first-order valence-corrected chi connectivity index (χ1v) is 8.37. The van der Waals surface area contributed by atoms with E-state index >= 15 is 0 Å². The first-order chi connectivity index (χ1) is 6.74. The highest BCUT2D eigenvalue weighted by atomic mass is 28.4. The number of terminal acetylenes is 1. The fourth-order valence-electron chi connectivity index (χ4n) is 1.08. The van der Waals surface area contributed by atoms with Crippen molar-refractivity contribution >= 4 is 8.32 Å². The van der Waals surface area contributed by atoms with Gasteiger partial charge in [-0.2, -0.15) is 0 Å². The Morgan fingerprint density at radius 2 is 2.00 bits per heavy atom. The van der Waals surface area contributed by atoms with Gasteiger partial charge in [-0.1, -0.05) is 26.8 Å². The predicted octanol–water partition coefficient (Wildman–Crippen LogP) is 3.98. The smallest absolute Gasteiger partial charge is 0.192 e. The molecule has 15 heavy (non-hydrogen) atoms. The van der Waals surface area contributed by atoms with Gasteiger partial charge in [0.15, 0.2) is 8.32 Å². The van der Waals surface area contributed by atoms with Gasteiger partial charge in [0, 0.05) is 6.42 Å². The van der Waals surface area contributed by atoms with Crippen LogP contribution in [0.15, 0.2) is 12.7 Å². The fourth-order valence-corrected chi connectivity index (χ4v) is 2.45. The van der Waals surface area contributed by atoms with Crippen molar-refractivity contribution in [2.75, 3.05) is 0 Å². The van der Waals surface area contributed by atoms with Crippen LogP contribution in [0.25, 0.3) is 0 Å². The summed E-state index contributed by atoms with van der Waals surface area (Å²) >= 11 is 0. The summed E-state index contributed by atoms with van der Waals surface area (Å²) in [5, 5.41) is 0.237. The SMILES string of the molecule is C#CCC(CC=C)O[Si](C)(C)C(C)(C)C. The highest BCUT2D eigenvalue weighted by molar-refractivity contribution is 6.74. The van der Waals surface area contributed by atoms with Crippen LogP contribution < -0.4 is 0 Å². The predicted molar refractivity (Wildman–Crippen MR) is 70.3 cm³/mol. The highest BCUT2D eigenvalue weighted by Gasteiger charge is 2.38. The third kappa shape index (κ3) is 4.68. The van der Waals surface area contributed by atoms with Crippen molar-refractivity contribution in [2.24, 2.45) is 0 Å². The third-order valence-electron chi connectivity index (χ3n) is 3.04. The molecule has 0 amide bonds. The fraction of sp³-hybridized carbons (Fsp3) is 0.692. The van der Waals surface area contributed by atoms with E-state index in [4.69, 9.17) is 10.8 Å². The lowest BCUT2D eigenvalue weighted by Gasteiger charge is -2.38. The van der Waals surface area contributed by atoms with Gasteiger partial charge in [0.05, 0.1) is 6.10 Å². The number of hydrogen-bond acceptors (Lipinski definition) is 1. The lowest BCUT2D eigenvalue weighted by Crippen LogP contribution is -2.43. The topological polar surface area (TPSA) is 9.23 Å². The molecule has 0 saturated heterocycles. The van der Waals surface area contributed by atoms with E-state index in [2.05, 4.69) is 46.4 Å². The van der Waals surface area contributed by atoms with E-state index in [-0.39, 0.29) is 11.1 Å². The standard InChI is InChI=1S/C13H24OSi/c1-8-10-12(11-9-2)14-15(6,7)13(3,4)5/h1,9,12H,2,10-11H2,3-7H3. The molecule has 1 nitrogen and oxygen atoms in total. The molecule has 0 bridgehead atoms. The minimum Gasteiger partial charge on any atom is -0.413 e. The molecule has 1 unspecified atom stereocenters. The Hall–Kier alpha value is -0.523. The van der Waals surface area contributed by atoms with Crippen molar-refractivity contribution in [1.82, 2.24) is 0 Å². The Labute approximate surface area is 96.0 Å². The van der Waals surface area contributed by atoms with Gasteiger partial charge in [0.2, 0.25) is 0 Å². The van der Waals surface area contributed by atoms with Crippen LogP contribution in [0, 0.1) is 12.3 Å². The van der Waals surface area contributed by atoms with Crippen LogP contribution in [0.2, 0.25) is 18.1 Å². The van der Waals surface area contributed by atoms with Gasteiger partial charge >= 0.3 is 0 Å². The molecule has 0 aromatic carbocycles. The van der Waals surface area contributed by atoms with Gasteiger partial charge in [0.25, 0.3) is 0 Å². The van der Waals surface area contributed by atoms with Crippen LogP contribution in [-0.4, -0.2) is 14.4 Å². The van der Waals surface area contributed by atoms with Crippen molar-refractivity contribution in [1.29, 1.82) is 0 Å². The van der Waals surface area contributed by atoms with Gasteiger partial charge in [-0.3, -0.25) is 0 Å². The van der Waals surface area contributed by atoms with Crippen LogP contribution in [0.1, 0.15) is 33.6 Å². The van der Waals surface area contributed by atoms with Crippen LogP contribution in [0.5, 0.6) is 0 Å². The largest absolute Gasteiger partial charge is 0.413 e. The molecule has 0 N–H and O–H groups in total. The van der Waals surface area contributed by atoms with E-state index in [1.54, 1.807) is 0 Å². The normalized spacial score (nSPS) is 14.4. The van der Waals surface area contributed by atoms with E-state index < -0.39 is 8.32 Å². The minimum atomic E-state index is -1.69. The third-order valence-corrected chi connectivity index (χ3v) is 7.58. The van der Waals surface area contributed by atoms with Crippen LogP contribution in [0.3, 0.4) is 0 Å². The zero-order chi connectivity index (χ0) is 12.1. The molecule has 0 aliphatic heterocycles. The Kier molecular flexibility index (Phi) is 5.34. The summed E-state index contributed by atoms with van der Waals surface area (Å²) in [5.74, 6) is 2.68. The Morgan fingerprint density at radius 1 is 1.47 bits per heavy atom. The second-order valence-corrected chi connectivity index (χ2v) is 10.2. The molecular formula is C13H24OSi. The van der Waals surface area contributed by atoms with E-state index in [0.717, 1.165) is 6.42 Å². The first-order valence-electron chi connectivity index (χ1n) is 5.47. The Bertz CT molecular complexity index is 242. The van der Waals surface area contributed by atoms with Gasteiger partial charge in [-0.25, -0.2) is 0 Å². The van der Waals surface area contributed by atoms with E-state index in [1.165, 1.54) is 0 Å². The van der Waals surface area contributed by atoms with Crippen molar-refractivity contribution in [3.8, 4) is 12.3 Å². The van der Waals surface area contributed by atoms with Crippen LogP contribution in [0.4, 0.5) is 0 Å². The maximum absolute atomic E-state index is 6.21. The molecule has 0 saturated carbocycles. The maximum atomic E-state index is 6.21. The monoisotopic (exact) mass is 224 g/mol. The van der Waals surface area contributed by atoms with Crippen molar-refractivity contribution in [2.45, 2.75) is 57.8 Å². The molecule has 0 aromatic rings. The molecule has 2 heteroatoms. The molecule has 0 radical (unpaired) electrons. The second kappa shape index (κ2) is 5.53. The quantitative estimate of drug-likeness (QED) is 0.390.